The van der Waals surface area contributed by atoms with Crippen LogP contribution in [0.1, 0.15) is 66.1 Å². The van der Waals surface area contributed by atoms with Crippen LogP contribution in [0, 0.1) is 5.92 Å². The molecule has 3 rings (SSSR count). The van der Waals surface area contributed by atoms with E-state index in [1.54, 1.807) is 0 Å². The van der Waals surface area contributed by atoms with E-state index in [1.165, 1.54) is 0 Å². The maximum atomic E-state index is 12.8. The number of carbonyl (C=O) groups excluding carboxylic acids is 2. The van der Waals surface area contributed by atoms with Crippen molar-refractivity contribution in [2.45, 2.75) is 39.8 Å². The van der Waals surface area contributed by atoms with E-state index in [-0.39, 0.29) is 18.0 Å². The van der Waals surface area contributed by atoms with Gasteiger partial charge in [0.05, 0.1) is 0 Å². The van der Waals surface area contributed by atoms with Crippen LogP contribution < -0.4 is 10.6 Å². The molecule has 0 radical (unpaired) electrons. The predicted molar refractivity (Wildman–Crippen MR) is 112 cm³/mol. The molecule has 1 aliphatic rings. The lowest BCUT2D eigenvalue weighted by Crippen LogP contribution is -2.33. The highest BCUT2D eigenvalue weighted by atomic mass is 16.2. The second-order valence-corrected chi connectivity index (χ2v) is 7.65. The van der Waals surface area contributed by atoms with Crippen molar-refractivity contribution in [2.24, 2.45) is 5.92 Å². The van der Waals surface area contributed by atoms with Gasteiger partial charge >= 0.3 is 0 Å². The highest BCUT2D eigenvalue weighted by molar-refractivity contribution is 5.99. The summed E-state index contributed by atoms with van der Waals surface area (Å²) >= 11 is 0. The van der Waals surface area contributed by atoms with Crippen LogP contribution in [0.4, 0.5) is 5.69 Å². The second-order valence-electron chi connectivity index (χ2n) is 7.65. The normalized spacial score (nSPS) is 15.6. The van der Waals surface area contributed by atoms with Gasteiger partial charge in [-0.15, -0.1) is 0 Å². The lowest BCUT2D eigenvalue weighted by Gasteiger charge is -2.27. The predicted octanol–water partition coefficient (Wildman–Crippen LogP) is 4.44. The Bertz CT molecular complexity index is 847. The summed E-state index contributed by atoms with van der Waals surface area (Å²) in [6.07, 6.45) is 1.62. The van der Waals surface area contributed by atoms with Crippen molar-refractivity contribution in [1.82, 2.24) is 10.2 Å². The first-order chi connectivity index (χ1) is 13.5. The Morgan fingerprint density at radius 1 is 1.14 bits per heavy atom. The third kappa shape index (κ3) is 4.35. The van der Waals surface area contributed by atoms with Crippen LogP contribution >= 0.6 is 0 Å². The summed E-state index contributed by atoms with van der Waals surface area (Å²) in [5.74, 6) is 0.535. The van der Waals surface area contributed by atoms with E-state index in [4.69, 9.17) is 0 Å². The fraction of sp³-hybridized carbons (Fsp3) is 0.391. The molecule has 2 N–H and O–H groups in total. The van der Waals surface area contributed by atoms with Crippen LogP contribution in [-0.4, -0.2) is 29.8 Å². The highest BCUT2D eigenvalue weighted by Crippen LogP contribution is 2.34. The molecule has 148 valence electrons. The molecule has 2 aromatic carbocycles. The van der Waals surface area contributed by atoms with Crippen LogP contribution in [0.3, 0.4) is 0 Å². The van der Waals surface area contributed by atoms with Crippen molar-refractivity contribution in [3.63, 3.8) is 0 Å². The van der Waals surface area contributed by atoms with Gasteiger partial charge in [0.2, 0.25) is 0 Å². The SMILES string of the molecule is CCCN1C(=O)c2ccccc2[C@H]1Nc1cccc(C(=O)NCCC(C)C)c1. The van der Waals surface area contributed by atoms with Crippen LogP contribution in [0.25, 0.3) is 0 Å². The van der Waals surface area contributed by atoms with Gasteiger partial charge in [0.15, 0.2) is 0 Å². The summed E-state index contributed by atoms with van der Waals surface area (Å²) < 4.78 is 0. The van der Waals surface area contributed by atoms with E-state index in [2.05, 4.69) is 31.4 Å². The molecule has 0 spiro atoms. The molecule has 5 heteroatoms. The fourth-order valence-electron chi connectivity index (χ4n) is 3.48. The number of benzene rings is 2. The number of hydrogen-bond acceptors (Lipinski definition) is 3. The zero-order valence-electron chi connectivity index (χ0n) is 16.9. The molecular formula is C23H29N3O2. The Morgan fingerprint density at radius 2 is 1.93 bits per heavy atom. The van der Waals surface area contributed by atoms with E-state index >= 15 is 0 Å². The number of anilines is 1. The molecule has 28 heavy (non-hydrogen) atoms. The second kappa shape index (κ2) is 8.91. The Labute approximate surface area is 167 Å². The molecule has 0 saturated carbocycles. The lowest BCUT2D eigenvalue weighted by atomic mass is 10.1. The van der Waals surface area contributed by atoms with E-state index in [0.717, 1.165) is 29.7 Å². The van der Waals surface area contributed by atoms with Gasteiger partial charge in [0, 0.05) is 35.5 Å². The first-order valence-corrected chi connectivity index (χ1v) is 10.1. The average Bonchev–Trinajstić information content (AvgIpc) is 2.94. The molecule has 0 saturated heterocycles. The zero-order chi connectivity index (χ0) is 20.1. The molecule has 2 aromatic rings. The molecule has 2 amide bonds. The molecule has 0 fully saturated rings. The highest BCUT2D eigenvalue weighted by Gasteiger charge is 2.35. The van der Waals surface area contributed by atoms with Gasteiger partial charge in [-0.25, -0.2) is 0 Å². The number of carbonyl (C=O) groups is 2. The number of nitrogens with one attached hydrogen (secondary N) is 2. The Morgan fingerprint density at radius 3 is 2.68 bits per heavy atom. The largest absolute Gasteiger partial charge is 0.361 e. The van der Waals surface area contributed by atoms with Crippen molar-refractivity contribution < 1.29 is 9.59 Å². The molecule has 0 bridgehead atoms. The molecule has 1 heterocycles. The first-order valence-electron chi connectivity index (χ1n) is 10.1. The van der Waals surface area contributed by atoms with Gasteiger partial charge in [-0.2, -0.15) is 0 Å². The third-order valence-corrected chi connectivity index (χ3v) is 4.96. The van der Waals surface area contributed by atoms with Crippen LogP contribution in [0.15, 0.2) is 48.5 Å². The minimum Gasteiger partial charge on any atom is -0.361 e. The van der Waals surface area contributed by atoms with E-state index in [1.807, 2.05) is 53.4 Å². The molecule has 1 aliphatic heterocycles. The molecule has 1 atom stereocenters. The zero-order valence-corrected chi connectivity index (χ0v) is 16.9. The van der Waals surface area contributed by atoms with E-state index < -0.39 is 0 Å². The Kier molecular flexibility index (Phi) is 6.34. The van der Waals surface area contributed by atoms with E-state index in [0.29, 0.717) is 24.6 Å². The summed E-state index contributed by atoms with van der Waals surface area (Å²) in [4.78, 5) is 27.0. The van der Waals surface area contributed by atoms with Crippen molar-refractivity contribution in [1.29, 1.82) is 0 Å². The molecular weight excluding hydrogens is 350 g/mol. The quantitative estimate of drug-likeness (QED) is 0.713. The van der Waals surface area contributed by atoms with Gasteiger partial charge in [-0.1, -0.05) is 45.0 Å². The number of fused-ring (bicyclic) bond motifs is 1. The maximum absolute atomic E-state index is 12.8. The van der Waals surface area contributed by atoms with Crippen molar-refractivity contribution in [3.8, 4) is 0 Å². The van der Waals surface area contributed by atoms with Crippen molar-refractivity contribution in [3.05, 3.63) is 65.2 Å². The third-order valence-electron chi connectivity index (χ3n) is 4.96. The van der Waals surface area contributed by atoms with Gasteiger partial charge in [-0.05, 0) is 43.0 Å². The lowest BCUT2D eigenvalue weighted by molar-refractivity contribution is 0.0742. The number of nitrogens with zero attached hydrogens (tertiary/aromatic N) is 1. The summed E-state index contributed by atoms with van der Waals surface area (Å²) in [5.41, 5.74) is 3.17. The molecule has 0 aromatic heterocycles. The topological polar surface area (TPSA) is 61.4 Å². The van der Waals surface area contributed by atoms with E-state index in [9.17, 15) is 9.59 Å². The standard InChI is InChI=1S/C23H29N3O2/c1-4-14-26-21(19-10-5-6-11-20(19)23(26)28)25-18-9-7-8-17(15-18)22(27)24-13-12-16(2)3/h5-11,15-16,21,25H,4,12-14H2,1-3H3,(H,24,27)/t21-/m0/s1. The van der Waals surface area contributed by atoms with Crippen molar-refractivity contribution in [2.75, 3.05) is 18.4 Å². The summed E-state index contributed by atoms with van der Waals surface area (Å²) in [5, 5.41) is 6.43. The number of rotatable bonds is 8. The first kappa shape index (κ1) is 19.9. The van der Waals surface area contributed by atoms with Gasteiger partial charge < -0.3 is 15.5 Å². The van der Waals surface area contributed by atoms with Crippen LogP contribution in [0.5, 0.6) is 0 Å². The Balaban J connectivity index is 1.77. The smallest absolute Gasteiger partial charge is 0.256 e. The van der Waals surface area contributed by atoms with Crippen LogP contribution in [0.2, 0.25) is 0 Å². The number of amides is 2. The fourth-order valence-corrected chi connectivity index (χ4v) is 3.48. The molecule has 5 nitrogen and oxygen atoms in total. The average molecular weight is 380 g/mol. The minimum atomic E-state index is -0.220. The van der Waals surface area contributed by atoms with Gasteiger partial charge in [0.25, 0.3) is 11.8 Å². The molecule has 0 unspecified atom stereocenters. The van der Waals surface area contributed by atoms with Crippen LogP contribution in [-0.2, 0) is 0 Å². The number of hydrogen-bond donors (Lipinski definition) is 2. The van der Waals surface area contributed by atoms with Crippen molar-refractivity contribution >= 4 is 17.5 Å². The Hall–Kier alpha value is -2.82. The summed E-state index contributed by atoms with van der Waals surface area (Å²) in [6.45, 7) is 7.69. The summed E-state index contributed by atoms with van der Waals surface area (Å²) in [6, 6.07) is 15.2. The summed E-state index contributed by atoms with van der Waals surface area (Å²) in [7, 11) is 0. The van der Waals surface area contributed by atoms with Gasteiger partial charge in [0.1, 0.15) is 6.17 Å². The maximum Gasteiger partial charge on any atom is 0.256 e. The van der Waals surface area contributed by atoms with Gasteiger partial charge in [-0.3, -0.25) is 9.59 Å². The monoisotopic (exact) mass is 379 g/mol. The molecule has 0 aliphatic carbocycles. The minimum absolute atomic E-state index is 0.0533.